The molecule has 0 aromatic heterocycles. The average molecular weight is 245 g/mol. The molecule has 1 aromatic rings. The molecule has 18 heavy (non-hydrogen) atoms. The maximum absolute atomic E-state index is 11.1. The molecule has 0 aliphatic heterocycles. The number of nitrogens with zero attached hydrogens (tertiary/aromatic N) is 1. The average Bonchev–Trinajstić information content (AvgIpc) is 2.32. The molecule has 98 valence electrons. The number of ketones is 1. The van der Waals surface area contributed by atoms with Crippen molar-refractivity contribution < 1.29 is 4.79 Å². The molecule has 1 aromatic carbocycles. The van der Waals surface area contributed by atoms with Gasteiger partial charge in [-0.25, -0.2) is 0 Å². The van der Waals surface area contributed by atoms with Crippen molar-refractivity contribution in [3.63, 3.8) is 0 Å². The zero-order valence-corrected chi connectivity index (χ0v) is 11.9. The van der Waals surface area contributed by atoms with Crippen LogP contribution in [-0.2, 0) is 11.2 Å². The van der Waals surface area contributed by atoms with Crippen molar-refractivity contribution >= 4 is 11.5 Å². The number of allylic oxidation sites excluding steroid dienone is 2. The molecule has 0 atom stereocenters. The summed E-state index contributed by atoms with van der Waals surface area (Å²) in [6.45, 7) is 9.01. The molecule has 0 spiro atoms. The van der Waals surface area contributed by atoms with E-state index in [1.54, 1.807) is 6.92 Å². The number of hydrogen-bond donors (Lipinski definition) is 0. The number of benzene rings is 1. The second-order valence-corrected chi connectivity index (χ2v) is 4.54. The highest BCUT2D eigenvalue weighted by Gasteiger charge is 2.06. The van der Waals surface area contributed by atoms with E-state index in [-0.39, 0.29) is 5.78 Å². The molecule has 0 heterocycles. The summed E-state index contributed by atoms with van der Waals surface area (Å²) in [5.41, 5.74) is 3.55. The highest BCUT2D eigenvalue weighted by atomic mass is 16.1. The van der Waals surface area contributed by atoms with Crippen LogP contribution in [0.2, 0.25) is 0 Å². The predicted molar refractivity (Wildman–Crippen MR) is 77.9 cm³/mol. The second-order valence-electron chi connectivity index (χ2n) is 4.54. The van der Waals surface area contributed by atoms with Crippen molar-refractivity contribution in [3.05, 3.63) is 41.6 Å². The fourth-order valence-corrected chi connectivity index (χ4v) is 2.12. The molecular weight excluding hydrogens is 222 g/mol. The highest BCUT2D eigenvalue weighted by molar-refractivity contribution is 5.78. The van der Waals surface area contributed by atoms with Gasteiger partial charge >= 0.3 is 0 Å². The molecule has 0 aliphatic rings. The molecule has 0 radical (unpaired) electrons. The monoisotopic (exact) mass is 245 g/mol. The summed E-state index contributed by atoms with van der Waals surface area (Å²) in [7, 11) is 0. The summed E-state index contributed by atoms with van der Waals surface area (Å²) in [5, 5.41) is 0. The van der Waals surface area contributed by atoms with Gasteiger partial charge in [-0.3, -0.25) is 4.79 Å². The van der Waals surface area contributed by atoms with Gasteiger partial charge in [-0.2, -0.15) is 0 Å². The molecule has 0 saturated carbocycles. The molecule has 0 fully saturated rings. The van der Waals surface area contributed by atoms with Crippen LogP contribution in [0, 0.1) is 0 Å². The summed E-state index contributed by atoms with van der Waals surface area (Å²) < 4.78 is 0. The van der Waals surface area contributed by atoms with Gasteiger partial charge in [0.1, 0.15) is 5.78 Å². The maximum Gasteiger partial charge on any atom is 0.134 e. The molecule has 0 saturated heterocycles. The smallest absolute Gasteiger partial charge is 0.134 e. The second kappa shape index (κ2) is 7.00. The minimum Gasteiger partial charge on any atom is -0.346 e. The summed E-state index contributed by atoms with van der Waals surface area (Å²) in [4.78, 5) is 13.3. The van der Waals surface area contributed by atoms with E-state index >= 15 is 0 Å². The van der Waals surface area contributed by atoms with Gasteiger partial charge in [0.25, 0.3) is 0 Å². The first-order chi connectivity index (χ1) is 8.58. The Bertz CT molecular complexity index is 417. The molecule has 0 amide bonds. The minimum atomic E-state index is 0.206. The fraction of sp³-hybridized carbons (Fsp3) is 0.438. The van der Waals surface area contributed by atoms with E-state index in [1.165, 1.54) is 11.4 Å². The number of anilines is 1. The Morgan fingerprint density at radius 2 is 1.78 bits per heavy atom. The third-order valence-electron chi connectivity index (χ3n) is 2.94. The zero-order chi connectivity index (χ0) is 13.5. The SMILES string of the molecule is CC/C=C(/C)N(CC)c1ccc(CC(C)=O)cc1. The lowest BCUT2D eigenvalue weighted by molar-refractivity contribution is -0.116. The van der Waals surface area contributed by atoms with E-state index in [4.69, 9.17) is 0 Å². The van der Waals surface area contributed by atoms with Crippen LogP contribution in [-0.4, -0.2) is 12.3 Å². The summed E-state index contributed by atoms with van der Waals surface area (Å²) >= 11 is 0. The van der Waals surface area contributed by atoms with E-state index in [9.17, 15) is 4.79 Å². The van der Waals surface area contributed by atoms with Crippen LogP contribution < -0.4 is 4.90 Å². The molecule has 2 heteroatoms. The normalized spacial score (nSPS) is 11.4. The largest absolute Gasteiger partial charge is 0.346 e. The van der Waals surface area contributed by atoms with Crippen LogP contribution in [0.5, 0.6) is 0 Å². The number of carbonyl (C=O) groups excluding carboxylic acids is 1. The van der Waals surface area contributed by atoms with E-state index in [1.807, 2.05) is 12.1 Å². The number of hydrogen-bond acceptors (Lipinski definition) is 2. The Morgan fingerprint density at radius 3 is 2.22 bits per heavy atom. The lowest BCUT2D eigenvalue weighted by atomic mass is 10.1. The van der Waals surface area contributed by atoms with E-state index < -0.39 is 0 Å². The van der Waals surface area contributed by atoms with Gasteiger partial charge in [0.2, 0.25) is 0 Å². The first-order valence-electron chi connectivity index (χ1n) is 6.61. The van der Waals surface area contributed by atoms with Crippen molar-refractivity contribution in [3.8, 4) is 0 Å². The standard InChI is InChI=1S/C16H23NO/c1-5-7-13(3)17(6-2)16-10-8-15(9-11-16)12-14(4)18/h7-11H,5-6,12H2,1-4H3/b13-7-. The number of carbonyl (C=O) groups is 1. The van der Waals surface area contributed by atoms with Crippen LogP contribution in [0.15, 0.2) is 36.0 Å². The molecule has 2 nitrogen and oxygen atoms in total. The first-order valence-corrected chi connectivity index (χ1v) is 6.61. The van der Waals surface area contributed by atoms with Gasteiger partial charge in [-0.05, 0) is 44.9 Å². The molecule has 1 rings (SSSR count). The maximum atomic E-state index is 11.1. The van der Waals surface area contributed by atoms with Crippen molar-refractivity contribution in [2.24, 2.45) is 0 Å². The van der Waals surface area contributed by atoms with Crippen molar-refractivity contribution in [1.29, 1.82) is 0 Å². The number of Topliss-reactive ketones (excluding diaryl/α,β-unsaturated/α-hetero) is 1. The predicted octanol–water partition coefficient (Wildman–Crippen LogP) is 3.96. The van der Waals surface area contributed by atoms with Gasteiger partial charge in [0.05, 0.1) is 0 Å². The van der Waals surface area contributed by atoms with Gasteiger partial charge in [-0.15, -0.1) is 0 Å². The van der Waals surface area contributed by atoms with Gasteiger partial charge < -0.3 is 4.90 Å². The van der Waals surface area contributed by atoms with Crippen LogP contribution in [0.25, 0.3) is 0 Å². The number of rotatable bonds is 6. The molecule has 0 aliphatic carbocycles. The first kappa shape index (κ1) is 14.5. The van der Waals surface area contributed by atoms with E-state index in [0.29, 0.717) is 6.42 Å². The zero-order valence-electron chi connectivity index (χ0n) is 11.9. The lowest BCUT2D eigenvalue weighted by Crippen LogP contribution is -2.20. The Labute approximate surface area is 110 Å². The molecular formula is C16H23NO. The third-order valence-corrected chi connectivity index (χ3v) is 2.94. The van der Waals surface area contributed by atoms with Crippen LogP contribution >= 0.6 is 0 Å². The van der Waals surface area contributed by atoms with Crippen molar-refractivity contribution in [2.75, 3.05) is 11.4 Å². The van der Waals surface area contributed by atoms with Gasteiger partial charge in [0, 0.05) is 24.4 Å². The summed E-state index contributed by atoms with van der Waals surface area (Å²) in [6, 6.07) is 8.26. The Morgan fingerprint density at radius 1 is 1.17 bits per heavy atom. The Balaban J connectivity index is 2.88. The molecule has 0 unspecified atom stereocenters. The van der Waals surface area contributed by atoms with Crippen molar-refractivity contribution in [2.45, 2.75) is 40.5 Å². The topological polar surface area (TPSA) is 20.3 Å². The van der Waals surface area contributed by atoms with E-state index in [0.717, 1.165) is 18.5 Å². The van der Waals surface area contributed by atoms with Crippen LogP contribution in [0.1, 0.15) is 39.7 Å². The van der Waals surface area contributed by atoms with Crippen LogP contribution in [0.3, 0.4) is 0 Å². The summed E-state index contributed by atoms with van der Waals surface area (Å²) in [5.74, 6) is 0.206. The fourth-order valence-electron chi connectivity index (χ4n) is 2.12. The van der Waals surface area contributed by atoms with E-state index in [2.05, 4.69) is 43.9 Å². The van der Waals surface area contributed by atoms with Crippen LogP contribution in [0.4, 0.5) is 5.69 Å². The highest BCUT2D eigenvalue weighted by Crippen LogP contribution is 2.20. The van der Waals surface area contributed by atoms with Gasteiger partial charge in [0.15, 0.2) is 0 Å². The van der Waals surface area contributed by atoms with Crippen molar-refractivity contribution in [1.82, 2.24) is 0 Å². The minimum absolute atomic E-state index is 0.206. The Kier molecular flexibility index (Phi) is 5.63. The van der Waals surface area contributed by atoms with Gasteiger partial charge in [-0.1, -0.05) is 25.1 Å². The molecule has 0 N–H and O–H groups in total. The quantitative estimate of drug-likeness (QED) is 0.756. The third kappa shape index (κ3) is 4.02. The Hall–Kier alpha value is -1.57. The molecule has 0 bridgehead atoms. The summed E-state index contributed by atoms with van der Waals surface area (Å²) in [6.07, 6.45) is 3.80. The lowest BCUT2D eigenvalue weighted by Gasteiger charge is -2.24.